The van der Waals surface area contributed by atoms with Gasteiger partial charge < -0.3 is 19.3 Å². The molecule has 0 aliphatic rings. The second kappa shape index (κ2) is 9.90. The molecule has 0 bridgehead atoms. The Bertz CT molecular complexity index is 500. The predicted molar refractivity (Wildman–Crippen MR) is 96.2 cm³/mol. The van der Waals surface area contributed by atoms with Crippen molar-refractivity contribution < 1.29 is 33.7 Å². The Balaban J connectivity index is 5.66. The number of carbonyl (C=O) groups is 3. The lowest BCUT2D eigenvalue weighted by Gasteiger charge is -2.39. The zero-order chi connectivity index (χ0) is 20.6. The first-order chi connectivity index (χ1) is 11.9. The van der Waals surface area contributed by atoms with E-state index in [9.17, 15) is 14.4 Å². The summed E-state index contributed by atoms with van der Waals surface area (Å²) in [5.74, 6) is -1.39. The fourth-order valence-electron chi connectivity index (χ4n) is 3.34. The molecule has 0 heterocycles. The van der Waals surface area contributed by atoms with Gasteiger partial charge in [0.25, 0.3) is 0 Å². The van der Waals surface area contributed by atoms with Crippen molar-refractivity contribution in [2.45, 2.75) is 60.8 Å². The molecule has 26 heavy (non-hydrogen) atoms. The maximum absolute atomic E-state index is 12.6. The van der Waals surface area contributed by atoms with E-state index >= 15 is 0 Å². The third kappa shape index (κ3) is 6.27. The highest BCUT2D eigenvalue weighted by Gasteiger charge is 2.49. The lowest BCUT2D eigenvalue weighted by atomic mass is 9.65. The fourth-order valence-corrected chi connectivity index (χ4v) is 3.34. The molecule has 0 saturated carbocycles. The van der Waals surface area contributed by atoms with Gasteiger partial charge in [0.15, 0.2) is 0 Å². The van der Waals surface area contributed by atoms with E-state index in [1.807, 2.05) is 6.92 Å². The van der Waals surface area contributed by atoms with Crippen LogP contribution in [-0.4, -0.2) is 49.9 Å². The van der Waals surface area contributed by atoms with E-state index in [4.69, 9.17) is 19.3 Å². The van der Waals surface area contributed by atoms with Crippen LogP contribution in [0.25, 0.3) is 0 Å². The van der Waals surface area contributed by atoms with Crippen LogP contribution in [0.5, 0.6) is 0 Å². The predicted octanol–water partition coefficient (Wildman–Crippen LogP) is 2.49. The summed E-state index contributed by atoms with van der Waals surface area (Å²) in [5.41, 5.74) is -2.97. The molecule has 0 aromatic heterocycles. The SMILES string of the molecule is CCOC(=O)C(C)(CC)CC(C)(CC(C)(C)C(=O)OCCO)C(=O)OC. The van der Waals surface area contributed by atoms with Crippen molar-refractivity contribution in [3.8, 4) is 0 Å². The molecule has 0 amide bonds. The molecule has 0 spiro atoms. The van der Waals surface area contributed by atoms with Crippen LogP contribution in [0.4, 0.5) is 0 Å². The molecule has 0 aromatic rings. The number of hydrogen-bond donors (Lipinski definition) is 1. The number of esters is 3. The zero-order valence-corrected chi connectivity index (χ0v) is 17.1. The van der Waals surface area contributed by atoms with Crippen molar-refractivity contribution in [2.24, 2.45) is 16.2 Å². The van der Waals surface area contributed by atoms with Crippen LogP contribution < -0.4 is 0 Å². The first kappa shape index (κ1) is 24.4. The van der Waals surface area contributed by atoms with Gasteiger partial charge in [-0.2, -0.15) is 0 Å². The molecule has 7 nitrogen and oxygen atoms in total. The molecule has 0 radical (unpaired) electrons. The van der Waals surface area contributed by atoms with Crippen LogP contribution in [0.2, 0.25) is 0 Å². The van der Waals surface area contributed by atoms with E-state index in [0.717, 1.165) is 0 Å². The van der Waals surface area contributed by atoms with Crippen molar-refractivity contribution in [3.05, 3.63) is 0 Å². The number of aliphatic hydroxyl groups excluding tert-OH is 1. The van der Waals surface area contributed by atoms with Crippen molar-refractivity contribution in [3.63, 3.8) is 0 Å². The quantitative estimate of drug-likeness (QED) is 0.438. The molecule has 0 saturated heterocycles. The third-order valence-corrected chi connectivity index (χ3v) is 4.72. The largest absolute Gasteiger partial charge is 0.469 e. The van der Waals surface area contributed by atoms with Gasteiger partial charge in [0.1, 0.15) is 6.61 Å². The molecular weight excluding hydrogens is 340 g/mol. The van der Waals surface area contributed by atoms with E-state index in [1.54, 1.807) is 34.6 Å². The Morgan fingerprint density at radius 2 is 1.42 bits per heavy atom. The number of methoxy groups -OCH3 is 1. The molecule has 0 aromatic carbocycles. The van der Waals surface area contributed by atoms with E-state index < -0.39 is 28.2 Å². The number of ether oxygens (including phenoxy) is 3. The molecular formula is C19H34O7. The van der Waals surface area contributed by atoms with E-state index in [-0.39, 0.29) is 38.6 Å². The van der Waals surface area contributed by atoms with Gasteiger partial charge in [0.05, 0.1) is 36.6 Å². The van der Waals surface area contributed by atoms with E-state index in [1.165, 1.54) is 7.11 Å². The van der Waals surface area contributed by atoms with Crippen molar-refractivity contribution in [1.29, 1.82) is 0 Å². The molecule has 7 heteroatoms. The van der Waals surface area contributed by atoms with E-state index in [0.29, 0.717) is 6.42 Å². The van der Waals surface area contributed by atoms with Crippen LogP contribution in [0.3, 0.4) is 0 Å². The third-order valence-electron chi connectivity index (χ3n) is 4.72. The number of rotatable bonds is 11. The summed E-state index contributed by atoms with van der Waals surface area (Å²) >= 11 is 0. The van der Waals surface area contributed by atoms with E-state index in [2.05, 4.69) is 0 Å². The van der Waals surface area contributed by atoms with Crippen LogP contribution in [-0.2, 0) is 28.6 Å². The average Bonchev–Trinajstić information content (AvgIpc) is 2.58. The summed E-state index contributed by atoms with van der Waals surface area (Å²) in [6, 6.07) is 0. The van der Waals surface area contributed by atoms with Gasteiger partial charge in [-0.1, -0.05) is 6.92 Å². The second-order valence-electron chi connectivity index (χ2n) is 7.78. The first-order valence-corrected chi connectivity index (χ1v) is 8.96. The Labute approximate surface area is 156 Å². The molecule has 0 rings (SSSR count). The van der Waals surface area contributed by atoms with Gasteiger partial charge in [-0.3, -0.25) is 14.4 Å². The summed E-state index contributed by atoms with van der Waals surface area (Å²) in [4.78, 5) is 37.3. The van der Waals surface area contributed by atoms with Gasteiger partial charge in [-0.15, -0.1) is 0 Å². The minimum Gasteiger partial charge on any atom is -0.469 e. The molecule has 2 atom stereocenters. The van der Waals surface area contributed by atoms with Crippen molar-refractivity contribution in [1.82, 2.24) is 0 Å². The van der Waals surface area contributed by atoms with Gasteiger partial charge in [0.2, 0.25) is 0 Å². The highest BCUT2D eigenvalue weighted by atomic mass is 16.5. The van der Waals surface area contributed by atoms with Crippen LogP contribution in [0, 0.1) is 16.2 Å². The summed E-state index contributed by atoms with van der Waals surface area (Å²) in [7, 11) is 1.28. The summed E-state index contributed by atoms with van der Waals surface area (Å²) in [6.45, 7) is 10.2. The second-order valence-corrected chi connectivity index (χ2v) is 7.78. The molecule has 0 aliphatic heterocycles. The minimum absolute atomic E-state index is 0.104. The number of carbonyl (C=O) groups excluding carboxylic acids is 3. The molecule has 0 aliphatic carbocycles. The molecule has 1 N–H and O–H groups in total. The molecule has 0 fully saturated rings. The lowest BCUT2D eigenvalue weighted by molar-refractivity contribution is -0.167. The summed E-state index contributed by atoms with van der Waals surface area (Å²) in [5, 5.41) is 8.83. The smallest absolute Gasteiger partial charge is 0.311 e. The highest BCUT2D eigenvalue weighted by Crippen LogP contribution is 2.45. The molecule has 152 valence electrons. The lowest BCUT2D eigenvalue weighted by Crippen LogP contribution is -2.44. The minimum atomic E-state index is -1.09. The maximum Gasteiger partial charge on any atom is 0.311 e. The zero-order valence-electron chi connectivity index (χ0n) is 17.1. The van der Waals surface area contributed by atoms with Gasteiger partial charge >= 0.3 is 17.9 Å². The van der Waals surface area contributed by atoms with Gasteiger partial charge in [0, 0.05) is 0 Å². The Kier molecular flexibility index (Phi) is 9.28. The summed E-state index contributed by atoms with van der Waals surface area (Å²) in [6.07, 6.45) is 0.790. The number of hydrogen-bond acceptors (Lipinski definition) is 7. The van der Waals surface area contributed by atoms with Gasteiger partial charge in [-0.25, -0.2) is 0 Å². The van der Waals surface area contributed by atoms with Crippen LogP contribution in [0.1, 0.15) is 60.8 Å². The number of aliphatic hydroxyl groups is 1. The van der Waals surface area contributed by atoms with Gasteiger partial charge in [-0.05, 0) is 53.9 Å². The Hall–Kier alpha value is -1.63. The topological polar surface area (TPSA) is 99.1 Å². The fraction of sp³-hybridized carbons (Fsp3) is 0.842. The van der Waals surface area contributed by atoms with Crippen LogP contribution in [0.15, 0.2) is 0 Å². The maximum atomic E-state index is 12.6. The normalized spacial score (nSPS) is 16.2. The summed E-state index contributed by atoms with van der Waals surface area (Å²) < 4.78 is 15.2. The molecule has 2 unspecified atom stereocenters. The standard InChI is InChI=1S/C19H34O7/c1-8-18(5,16(23)25-9-2)13-19(6,15(22)24-7)12-17(3,4)14(21)26-11-10-20/h20H,8-13H2,1-7H3. The van der Waals surface area contributed by atoms with Crippen LogP contribution >= 0.6 is 0 Å². The van der Waals surface area contributed by atoms with Crippen molar-refractivity contribution >= 4 is 17.9 Å². The highest BCUT2D eigenvalue weighted by molar-refractivity contribution is 5.82. The first-order valence-electron chi connectivity index (χ1n) is 8.96. The Morgan fingerprint density at radius 3 is 1.85 bits per heavy atom. The Morgan fingerprint density at radius 1 is 0.846 bits per heavy atom. The van der Waals surface area contributed by atoms with Crippen molar-refractivity contribution in [2.75, 3.05) is 26.9 Å². The monoisotopic (exact) mass is 374 g/mol. The average molecular weight is 374 g/mol.